The number of non-ortho nitro benzene ring substituents is 1. The minimum Gasteiger partial charge on any atom is -0.495 e. The Labute approximate surface area is 129 Å². The lowest BCUT2D eigenvalue weighted by molar-refractivity contribution is -0.385. The van der Waals surface area contributed by atoms with Crippen molar-refractivity contribution >= 4 is 15.7 Å². The second-order valence-electron chi connectivity index (χ2n) is 5.08. The largest absolute Gasteiger partial charge is 0.495 e. The van der Waals surface area contributed by atoms with Crippen molar-refractivity contribution in [2.24, 2.45) is 0 Å². The number of benzene rings is 1. The van der Waals surface area contributed by atoms with Crippen LogP contribution in [0.1, 0.15) is 12.8 Å². The van der Waals surface area contributed by atoms with E-state index in [9.17, 15) is 18.5 Å². The molecule has 1 aromatic rings. The van der Waals surface area contributed by atoms with Crippen molar-refractivity contribution in [3.63, 3.8) is 0 Å². The molecule has 1 fully saturated rings. The molecule has 0 bridgehead atoms. The summed E-state index contributed by atoms with van der Waals surface area (Å²) in [7, 11) is -0.713. The molecule has 0 saturated carbocycles. The molecular weight excluding hydrogens is 310 g/mol. The van der Waals surface area contributed by atoms with Gasteiger partial charge in [0, 0.05) is 31.3 Å². The zero-order valence-corrected chi connectivity index (χ0v) is 13.3. The molecule has 1 atom stereocenters. The average molecular weight is 329 g/mol. The van der Waals surface area contributed by atoms with Crippen LogP contribution in [-0.4, -0.2) is 50.9 Å². The molecule has 1 N–H and O–H groups in total. The summed E-state index contributed by atoms with van der Waals surface area (Å²) in [6, 6.07) is 3.67. The van der Waals surface area contributed by atoms with E-state index in [1.165, 1.54) is 23.5 Å². The van der Waals surface area contributed by atoms with Gasteiger partial charge in [0.05, 0.1) is 12.0 Å². The van der Waals surface area contributed by atoms with E-state index in [0.717, 1.165) is 18.9 Å². The molecule has 8 nitrogen and oxygen atoms in total. The minimum absolute atomic E-state index is 0.0771. The molecule has 0 aliphatic carbocycles. The van der Waals surface area contributed by atoms with Gasteiger partial charge >= 0.3 is 0 Å². The molecule has 9 heteroatoms. The number of methoxy groups -OCH3 is 1. The van der Waals surface area contributed by atoms with E-state index in [1.807, 2.05) is 0 Å². The van der Waals surface area contributed by atoms with Crippen molar-refractivity contribution in [3.8, 4) is 5.75 Å². The summed E-state index contributed by atoms with van der Waals surface area (Å²) >= 11 is 0. The minimum atomic E-state index is -3.84. The molecule has 1 aromatic carbocycles. The van der Waals surface area contributed by atoms with Gasteiger partial charge in [-0.3, -0.25) is 10.1 Å². The van der Waals surface area contributed by atoms with Crippen LogP contribution in [0.15, 0.2) is 23.1 Å². The van der Waals surface area contributed by atoms with E-state index in [1.54, 1.807) is 7.05 Å². The van der Waals surface area contributed by atoms with Crippen LogP contribution < -0.4 is 10.1 Å². The first-order chi connectivity index (χ1) is 10.4. The third kappa shape index (κ3) is 3.21. The summed E-state index contributed by atoms with van der Waals surface area (Å²) in [6.45, 7) is 0.733. The van der Waals surface area contributed by atoms with Gasteiger partial charge in [0.15, 0.2) is 0 Å². The van der Waals surface area contributed by atoms with Crippen molar-refractivity contribution in [1.29, 1.82) is 0 Å². The Balaban J connectivity index is 2.43. The van der Waals surface area contributed by atoms with Crippen LogP contribution in [0.25, 0.3) is 0 Å². The number of nitro benzene ring substituents is 1. The number of nitrogens with zero attached hydrogens (tertiary/aromatic N) is 2. The Hall–Kier alpha value is -1.71. The zero-order chi connectivity index (χ0) is 16.3. The second-order valence-corrected chi connectivity index (χ2v) is 6.99. The second kappa shape index (κ2) is 6.59. The van der Waals surface area contributed by atoms with E-state index >= 15 is 0 Å². The zero-order valence-electron chi connectivity index (χ0n) is 12.5. The Morgan fingerprint density at radius 3 is 2.77 bits per heavy atom. The smallest absolute Gasteiger partial charge is 0.271 e. The van der Waals surface area contributed by atoms with Gasteiger partial charge in [-0.2, -0.15) is 4.31 Å². The Bertz CT molecular complexity index is 662. The van der Waals surface area contributed by atoms with Gasteiger partial charge in [-0.05, 0) is 26.0 Å². The summed E-state index contributed by atoms with van der Waals surface area (Å²) in [4.78, 5) is 10.1. The quantitative estimate of drug-likeness (QED) is 0.638. The number of hydrogen-bond donors (Lipinski definition) is 1. The first-order valence-electron chi connectivity index (χ1n) is 6.90. The van der Waals surface area contributed by atoms with Crippen LogP contribution in [0.5, 0.6) is 5.75 Å². The number of nitrogens with one attached hydrogen (secondary N) is 1. The van der Waals surface area contributed by atoms with E-state index in [-0.39, 0.29) is 22.4 Å². The molecule has 22 heavy (non-hydrogen) atoms. The van der Waals surface area contributed by atoms with E-state index < -0.39 is 14.9 Å². The summed E-state index contributed by atoms with van der Waals surface area (Å²) in [6.07, 6.45) is 1.64. The summed E-state index contributed by atoms with van der Waals surface area (Å²) in [5, 5.41) is 14.0. The van der Waals surface area contributed by atoms with Crippen LogP contribution in [0.4, 0.5) is 5.69 Å². The molecule has 0 radical (unpaired) electrons. The third-order valence-corrected chi connectivity index (χ3v) is 5.65. The Kier molecular flexibility index (Phi) is 4.99. The first kappa shape index (κ1) is 16.7. The molecule has 0 spiro atoms. The molecule has 2 rings (SSSR count). The lowest BCUT2D eigenvalue weighted by Gasteiger charge is -2.31. The molecule has 0 amide bonds. The maximum atomic E-state index is 12.8. The van der Waals surface area contributed by atoms with Crippen molar-refractivity contribution in [1.82, 2.24) is 9.62 Å². The molecule has 122 valence electrons. The van der Waals surface area contributed by atoms with Gasteiger partial charge in [-0.25, -0.2) is 8.42 Å². The SMILES string of the molecule is CNC1CCCN(S(=O)(=O)c2cc([N+](=O)[O-])ccc2OC)C1. The fraction of sp³-hybridized carbons (Fsp3) is 0.538. The molecule has 1 heterocycles. The molecular formula is C13H19N3O5S. The topological polar surface area (TPSA) is 102 Å². The van der Waals surface area contributed by atoms with Crippen molar-refractivity contribution < 1.29 is 18.1 Å². The predicted molar refractivity (Wildman–Crippen MR) is 80.5 cm³/mol. The highest BCUT2D eigenvalue weighted by atomic mass is 32.2. The summed E-state index contributed by atoms with van der Waals surface area (Å²) in [5.41, 5.74) is -0.276. The fourth-order valence-corrected chi connectivity index (χ4v) is 4.22. The number of nitro groups is 1. The summed E-state index contributed by atoms with van der Waals surface area (Å²) < 4.78 is 32.0. The van der Waals surface area contributed by atoms with Gasteiger partial charge in [0.2, 0.25) is 10.0 Å². The molecule has 1 saturated heterocycles. The number of ether oxygens (including phenoxy) is 1. The average Bonchev–Trinajstić information content (AvgIpc) is 2.54. The van der Waals surface area contributed by atoms with Gasteiger partial charge in [0.25, 0.3) is 5.69 Å². The Morgan fingerprint density at radius 1 is 1.45 bits per heavy atom. The van der Waals surface area contributed by atoms with Crippen LogP contribution in [0, 0.1) is 10.1 Å². The molecule has 1 aliphatic rings. The highest BCUT2D eigenvalue weighted by Crippen LogP contribution is 2.31. The third-order valence-electron chi connectivity index (χ3n) is 3.77. The van der Waals surface area contributed by atoms with E-state index in [4.69, 9.17) is 4.74 Å². The molecule has 1 unspecified atom stereocenters. The highest BCUT2D eigenvalue weighted by molar-refractivity contribution is 7.89. The first-order valence-corrected chi connectivity index (χ1v) is 8.34. The van der Waals surface area contributed by atoms with Crippen LogP contribution in [0.2, 0.25) is 0 Å². The van der Waals surface area contributed by atoms with Crippen LogP contribution in [0.3, 0.4) is 0 Å². The van der Waals surface area contributed by atoms with Crippen molar-refractivity contribution in [2.75, 3.05) is 27.2 Å². The maximum absolute atomic E-state index is 12.8. The molecule has 0 aromatic heterocycles. The predicted octanol–water partition coefficient (Wildman–Crippen LogP) is 0.976. The Morgan fingerprint density at radius 2 is 2.18 bits per heavy atom. The lowest BCUT2D eigenvalue weighted by Crippen LogP contribution is -2.46. The number of hydrogen-bond acceptors (Lipinski definition) is 6. The number of piperidine rings is 1. The monoisotopic (exact) mass is 329 g/mol. The van der Waals surface area contributed by atoms with E-state index in [0.29, 0.717) is 13.1 Å². The standard InChI is InChI=1S/C13H19N3O5S/c1-14-10-4-3-7-15(9-10)22(19,20)13-8-11(16(17)18)5-6-12(13)21-2/h5-6,8,10,14H,3-4,7,9H2,1-2H3. The number of rotatable bonds is 5. The van der Waals surface area contributed by atoms with Crippen molar-refractivity contribution in [2.45, 2.75) is 23.8 Å². The van der Waals surface area contributed by atoms with Gasteiger partial charge in [0.1, 0.15) is 10.6 Å². The normalized spacial score (nSPS) is 19.8. The van der Waals surface area contributed by atoms with Gasteiger partial charge < -0.3 is 10.1 Å². The van der Waals surface area contributed by atoms with Gasteiger partial charge in [-0.15, -0.1) is 0 Å². The van der Waals surface area contributed by atoms with E-state index in [2.05, 4.69) is 5.32 Å². The number of sulfonamides is 1. The van der Waals surface area contributed by atoms with Crippen LogP contribution >= 0.6 is 0 Å². The number of likely N-dealkylation sites (N-methyl/N-ethyl adjacent to an activating group) is 1. The van der Waals surface area contributed by atoms with Crippen LogP contribution in [-0.2, 0) is 10.0 Å². The lowest BCUT2D eigenvalue weighted by atomic mass is 10.1. The molecule has 1 aliphatic heterocycles. The fourth-order valence-electron chi connectivity index (χ4n) is 2.52. The maximum Gasteiger partial charge on any atom is 0.271 e. The van der Waals surface area contributed by atoms with Gasteiger partial charge in [-0.1, -0.05) is 0 Å². The highest BCUT2D eigenvalue weighted by Gasteiger charge is 2.33. The van der Waals surface area contributed by atoms with Crippen molar-refractivity contribution in [3.05, 3.63) is 28.3 Å². The summed E-state index contributed by atoms with van der Waals surface area (Å²) in [5.74, 6) is 0.109.